The first-order valence-corrected chi connectivity index (χ1v) is 15.6. The minimum atomic E-state index is -3.37. The van der Waals surface area contributed by atoms with Crippen LogP contribution in [0.15, 0.2) is 35.4 Å². The summed E-state index contributed by atoms with van der Waals surface area (Å²) in [5.41, 5.74) is -1.88. The number of alkyl halides is 2. The van der Waals surface area contributed by atoms with Gasteiger partial charge < -0.3 is 15.3 Å². The number of anilines is 1. The molecule has 2 aromatic heterocycles. The van der Waals surface area contributed by atoms with E-state index in [0.717, 1.165) is 12.8 Å². The lowest BCUT2D eigenvalue weighted by molar-refractivity contribution is -0.0934. The molecule has 2 atom stereocenters. The molecule has 2 N–H and O–H groups in total. The van der Waals surface area contributed by atoms with Gasteiger partial charge >= 0.3 is 0 Å². The number of benzene rings is 1. The standard InChI is InChI=1S/C33H39F3N6O2/c1-21-23-7-6-8-25(27(23)34)33(35,36)22-9-15-41(16-10-22)19-31(2,44)11-4-3-5-14-42-29-24(28(40-21)38-20-39-29)17-26(30(42)43)32(18-37)12-13-32/h6-8,17,20-22,44H,3-5,9-16,19H2,1-2H3,(H,38,39,40)/t21-,31?/m1/s1. The minimum Gasteiger partial charge on any atom is -0.389 e. The fourth-order valence-corrected chi connectivity index (χ4v) is 7.02. The van der Waals surface area contributed by atoms with Crippen LogP contribution in [0.5, 0.6) is 0 Å². The summed E-state index contributed by atoms with van der Waals surface area (Å²) in [7, 11) is 0. The monoisotopic (exact) mass is 608 g/mol. The van der Waals surface area contributed by atoms with E-state index in [1.165, 1.54) is 24.5 Å². The second-order valence-corrected chi connectivity index (χ2v) is 13.2. The van der Waals surface area contributed by atoms with Crippen LogP contribution in [0, 0.1) is 23.1 Å². The molecule has 0 spiro atoms. The molecule has 8 nitrogen and oxygen atoms in total. The van der Waals surface area contributed by atoms with Crippen molar-refractivity contribution in [2.75, 3.05) is 25.0 Å². The predicted octanol–water partition coefficient (Wildman–Crippen LogP) is 5.79. The topological polar surface area (TPSA) is 107 Å². The molecule has 0 amide bonds. The summed E-state index contributed by atoms with van der Waals surface area (Å²) in [6, 6.07) is 7.36. The Morgan fingerprint density at radius 2 is 1.82 bits per heavy atom. The highest BCUT2D eigenvalue weighted by molar-refractivity contribution is 5.87. The van der Waals surface area contributed by atoms with Crippen LogP contribution in [0.25, 0.3) is 11.0 Å². The molecule has 1 aromatic carbocycles. The average molecular weight is 609 g/mol. The maximum Gasteiger partial charge on any atom is 0.278 e. The van der Waals surface area contributed by atoms with Gasteiger partial charge in [0.15, 0.2) is 0 Å². The van der Waals surface area contributed by atoms with Gasteiger partial charge in [0.2, 0.25) is 0 Å². The smallest absolute Gasteiger partial charge is 0.278 e. The van der Waals surface area contributed by atoms with Crippen LogP contribution in [0.1, 0.15) is 87.9 Å². The van der Waals surface area contributed by atoms with Gasteiger partial charge in [-0.3, -0.25) is 9.36 Å². The van der Waals surface area contributed by atoms with Crippen molar-refractivity contribution in [1.82, 2.24) is 19.4 Å². The largest absolute Gasteiger partial charge is 0.389 e. The van der Waals surface area contributed by atoms with E-state index < -0.39 is 40.3 Å². The molecule has 234 valence electrons. The molecular formula is C33H39F3N6O2. The summed E-state index contributed by atoms with van der Waals surface area (Å²) >= 11 is 0. The van der Waals surface area contributed by atoms with Crippen LogP contribution in [0.3, 0.4) is 0 Å². The second kappa shape index (κ2) is 11.5. The fraction of sp³-hybridized carbons (Fsp3) is 0.576. The maximum atomic E-state index is 16.0. The van der Waals surface area contributed by atoms with Crippen LogP contribution in [-0.2, 0) is 17.9 Å². The fourth-order valence-electron chi connectivity index (χ4n) is 7.02. The minimum absolute atomic E-state index is 0.0811. The highest BCUT2D eigenvalue weighted by Gasteiger charge is 2.48. The molecule has 3 aliphatic heterocycles. The Balaban J connectivity index is 1.44. The Morgan fingerprint density at radius 3 is 2.52 bits per heavy atom. The lowest BCUT2D eigenvalue weighted by Crippen LogP contribution is -2.46. The van der Waals surface area contributed by atoms with Gasteiger partial charge in [-0.1, -0.05) is 31.0 Å². The lowest BCUT2D eigenvalue weighted by atomic mass is 9.84. The number of nitriles is 1. The van der Waals surface area contributed by atoms with Crippen LogP contribution in [0.4, 0.5) is 19.0 Å². The Morgan fingerprint density at radius 1 is 1.07 bits per heavy atom. The van der Waals surface area contributed by atoms with Crippen molar-refractivity contribution in [3.8, 4) is 6.07 Å². The number of hydrogen-bond acceptors (Lipinski definition) is 7. The summed E-state index contributed by atoms with van der Waals surface area (Å²) in [5.74, 6) is -5.00. The summed E-state index contributed by atoms with van der Waals surface area (Å²) in [5, 5.41) is 24.8. The third-order valence-corrected chi connectivity index (χ3v) is 9.83. The van der Waals surface area contributed by atoms with E-state index in [0.29, 0.717) is 74.3 Å². The van der Waals surface area contributed by atoms with E-state index in [-0.39, 0.29) is 24.0 Å². The summed E-state index contributed by atoms with van der Waals surface area (Å²) in [6.07, 6.45) is 5.57. The van der Waals surface area contributed by atoms with Crippen molar-refractivity contribution in [1.29, 1.82) is 5.26 Å². The summed E-state index contributed by atoms with van der Waals surface area (Å²) in [6.45, 7) is 5.02. The number of halogens is 3. The Hall–Kier alpha value is -3.49. The molecule has 3 aromatic rings. The highest BCUT2D eigenvalue weighted by Crippen LogP contribution is 2.47. The SMILES string of the molecule is C[C@H]1Nc2ncnc3c2cc(C2(C#N)CC2)c(=O)n3CCCCCC(C)(O)CN2CCC(CC2)C(F)(F)c2cccc1c2F. The van der Waals surface area contributed by atoms with E-state index in [1.807, 2.05) is 4.90 Å². The molecule has 11 heteroatoms. The first-order valence-electron chi connectivity index (χ1n) is 15.6. The number of nitrogens with zero attached hydrogens (tertiary/aromatic N) is 5. The summed E-state index contributed by atoms with van der Waals surface area (Å²) in [4.78, 5) is 24.6. The number of piperidine rings is 1. The van der Waals surface area contributed by atoms with Crippen molar-refractivity contribution in [2.45, 2.75) is 94.7 Å². The number of aliphatic hydroxyl groups is 1. The zero-order valence-corrected chi connectivity index (χ0v) is 25.3. The van der Waals surface area contributed by atoms with Gasteiger partial charge in [-0.2, -0.15) is 5.26 Å². The number of rotatable bonds is 1. The Labute approximate surface area is 254 Å². The third kappa shape index (κ3) is 5.58. The van der Waals surface area contributed by atoms with Crippen molar-refractivity contribution >= 4 is 16.9 Å². The molecule has 7 rings (SSSR count). The Bertz CT molecular complexity index is 1650. The lowest BCUT2D eigenvalue weighted by Gasteiger charge is -2.39. The summed E-state index contributed by atoms with van der Waals surface area (Å²) < 4.78 is 49.3. The van der Waals surface area contributed by atoms with Crippen molar-refractivity contribution in [2.24, 2.45) is 5.92 Å². The van der Waals surface area contributed by atoms with E-state index in [9.17, 15) is 15.2 Å². The highest BCUT2D eigenvalue weighted by atomic mass is 19.3. The van der Waals surface area contributed by atoms with Gasteiger partial charge in [0, 0.05) is 30.1 Å². The molecule has 0 radical (unpaired) electrons. The molecular weight excluding hydrogens is 569 g/mol. The van der Waals surface area contributed by atoms with Gasteiger partial charge in [-0.25, -0.2) is 23.1 Å². The van der Waals surface area contributed by atoms with Crippen LogP contribution in [0.2, 0.25) is 0 Å². The van der Waals surface area contributed by atoms with E-state index in [1.54, 1.807) is 24.5 Å². The maximum absolute atomic E-state index is 16.0. The number of hydrogen-bond donors (Lipinski definition) is 2. The predicted molar refractivity (Wildman–Crippen MR) is 161 cm³/mol. The molecule has 1 saturated heterocycles. The number of aromatic nitrogens is 3. The zero-order valence-electron chi connectivity index (χ0n) is 25.3. The molecule has 1 unspecified atom stereocenters. The van der Waals surface area contributed by atoms with E-state index in [2.05, 4.69) is 21.4 Å². The molecule has 4 aliphatic rings. The molecule has 1 aliphatic carbocycles. The van der Waals surface area contributed by atoms with Crippen LogP contribution in [-0.4, -0.2) is 49.8 Å². The van der Waals surface area contributed by atoms with Crippen molar-refractivity contribution in [3.63, 3.8) is 0 Å². The van der Waals surface area contributed by atoms with E-state index in [4.69, 9.17) is 0 Å². The van der Waals surface area contributed by atoms with E-state index >= 15 is 13.2 Å². The molecule has 1 saturated carbocycles. The van der Waals surface area contributed by atoms with Crippen LogP contribution < -0.4 is 10.9 Å². The number of fused-ring (bicyclic) bond motifs is 9. The molecule has 2 fully saturated rings. The molecule has 44 heavy (non-hydrogen) atoms. The van der Waals surface area contributed by atoms with Crippen LogP contribution >= 0.6 is 0 Å². The third-order valence-electron chi connectivity index (χ3n) is 9.83. The number of nitrogens with one attached hydrogen (secondary N) is 1. The van der Waals surface area contributed by atoms with Crippen molar-refractivity contribution in [3.05, 3.63) is 63.5 Å². The number of pyridine rings is 1. The van der Waals surface area contributed by atoms with Gasteiger partial charge in [0.05, 0.1) is 34.1 Å². The van der Waals surface area contributed by atoms with Crippen molar-refractivity contribution < 1.29 is 18.3 Å². The average Bonchev–Trinajstić information content (AvgIpc) is 3.78. The number of aryl methyl sites for hydroxylation is 1. The molecule has 5 heterocycles. The Kier molecular flexibility index (Phi) is 7.95. The first kappa shape index (κ1) is 30.5. The molecule has 8 bridgehead atoms. The van der Waals surface area contributed by atoms with Gasteiger partial charge in [-0.05, 0) is 71.5 Å². The zero-order chi connectivity index (χ0) is 31.3. The van der Waals surface area contributed by atoms with Gasteiger partial charge in [0.25, 0.3) is 11.5 Å². The quantitative estimate of drug-likeness (QED) is 0.360. The van der Waals surface area contributed by atoms with Gasteiger partial charge in [-0.15, -0.1) is 0 Å². The second-order valence-electron chi connectivity index (χ2n) is 13.2. The first-order chi connectivity index (χ1) is 21.0. The normalized spacial score (nSPS) is 28.5. The van der Waals surface area contributed by atoms with Gasteiger partial charge in [0.1, 0.15) is 23.6 Å².